The lowest BCUT2D eigenvalue weighted by Gasteiger charge is -2.20. The van der Waals surface area contributed by atoms with Crippen molar-refractivity contribution in [1.82, 2.24) is 9.80 Å². The van der Waals surface area contributed by atoms with Gasteiger partial charge in [-0.05, 0) is 24.3 Å². The number of nitrogens with one attached hydrogen (secondary N) is 1. The molecule has 0 aliphatic carbocycles. The fourth-order valence-corrected chi connectivity index (χ4v) is 2.86. The maximum atomic E-state index is 12.0. The molecule has 1 aromatic rings. The minimum atomic E-state index is -0.298. The topological polar surface area (TPSA) is 79.0 Å². The van der Waals surface area contributed by atoms with Crippen LogP contribution >= 0.6 is 11.8 Å². The summed E-state index contributed by atoms with van der Waals surface area (Å²) in [4.78, 5) is 38.3. The Hall–Kier alpha value is -2.22. The fourth-order valence-electron chi connectivity index (χ4n) is 2.03. The van der Waals surface area contributed by atoms with E-state index in [0.717, 1.165) is 0 Å². The van der Waals surface area contributed by atoms with E-state index in [1.807, 2.05) is 0 Å². The Balaban J connectivity index is 1.81. The molecular weight excluding hydrogens is 318 g/mol. The molecular formula is C15H19N3O4S. The molecule has 0 unspecified atom stereocenters. The standard InChI is InChI=1S/C15H19N3O4S/c1-17(14(20)10-18-7-8-23-15(18)21)9-13(19)16-11-3-5-12(22-2)6-4-11/h3-6H,7-10H2,1-2H3,(H,16,19). The molecule has 8 heteroatoms. The van der Waals surface area contributed by atoms with Crippen LogP contribution in [-0.2, 0) is 9.59 Å². The SMILES string of the molecule is COc1ccc(NC(=O)CN(C)C(=O)CN2CCSC2=O)cc1. The number of carbonyl (C=O) groups excluding carboxylic acids is 3. The van der Waals surface area contributed by atoms with Crippen molar-refractivity contribution in [2.45, 2.75) is 0 Å². The van der Waals surface area contributed by atoms with E-state index in [4.69, 9.17) is 4.74 Å². The molecule has 1 heterocycles. The van der Waals surface area contributed by atoms with Crippen LogP contribution in [0.15, 0.2) is 24.3 Å². The van der Waals surface area contributed by atoms with E-state index in [9.17, 15) is 14.4 Å². The van der Waals surface area contributed by atoms with Gasteiger partial charge in [0.2, 0.25) is 11.8 Å². The number of hydrogen-bond acceptors (Lipinski definition) is 5. The minimum Gasteiger partial charge on any atom is -0.497 e. The van der Waals surface area contributed by atoms with Crippen LogP contribution in [0.2, 0.25) is 0 Å². The highest BCUT2D eigenvalue weighted by atomic mass is 32.2. The summed E-state index contributed by atoms with van der Waals surface area (Å²) in [5.41, 5.74) is 0.628. The second-order valence-corrected chi connectivity index (χ2v) is 6.11. The summed E-state index contributed by atoms with van der Waals surface area (Å²) in [5.74, 6) is 0.843. The molecule has 0 spiro atoms. The number of carbonyl (C=O) groups is 3. The molecule has 1 aromatic carbocycles. The summed E-state index contributed by atoms with van der Waals surface area (Å²) in [6.45, 7) is 0.513. The van der Waals surface area contributed by atoms with E-state index in [1.165, 1.54) is 21.6 Å². The molecule has 0 aromatic heterocycles. The van der Waals surface area contributed by atoms with Crippen LogP contribution in [0.4, 0.5) is 10.5 Å². The van der Waals surface area contributed by atoms with Crippen LogP contribution < -0.4 is 10.1 Å². The summed E-state index contributed by atoms with van der Waals surface area (Å²) in [7, 11) is 3.11. The molecule has 23 heavy (non-hydrogen) atoms. The van der Waals surface area contributed by atoms with E-state index >= 15 is 0 Å². The first-order valence-corrected chi connectivity index (χ1v) is 8.07. The number of nitrogens with zero attached hydrogens (tertiary/aromatic N) is 2. The van der Waals surface area contributed by atoms with Gasteiger partial charge in [-0.25, -0.2) is 0 Å². The molecule has 124 valence electrons. The zero-order valence-corrected chi connectivity index (χ0v) is 13.9. The Kier molecular flexibility index (Phi) is 5.86. The molecule has 2 rings (SSSR count). The summed E-state index contributed by atoms with van der Waals surface area (Å²) < 4.78 is 5.04. The van der Waals surface area contributed by atoms with Crippen molar-refractivity contribution >= 4 is 34.5 Å². The van der Waals surface area contributed by atoms with Crippen LogP contribution in [0, 0.1) is 0 Å². The van der Waals surface area contributed by atoms with Crippen molar-refractivity contribution in [3.8, 4) is 5.75 Å². The Morgan fingerprint density at radius 2 is 2.04 bits per heavy atom. The highest BCUT2D eigenvalue weighted by Crippen LogP contribution is 2.17. The predicted octanol–water partition coefficient (Wildman–Crippen LogP) is 1.26. The lowest BCUT2D eigenvalue weighted by molar-refractivity contribution is -0.133. The Morgan fingerprint density at radius 1 is 1.35 bits per heavy atom. The van der Waals surface area contributed by atoms with E-state index in [0.29, 0.717) is 23.7 Å². The van der Waals surface area contributed by atoms with E-state index in [2.05, 4.69) is 5.32 Å². The van der Waals surface area contributed by atoms with Crippen molar-refractivity contribution in [2.24, 2.45) is 0 Å². The smallest absolute Gasteiger partial charge is 0.282 e. The Labute approximate surface area is 139 Å². The molecule has 1 N–H and O–H groups in total. The van der Waals surface area contributed by atoms with Gasteiger partial charge in [-0.3, -0.25) is 14.4 Å². The number of thioether (sulfide) groups is 1. The molecule has 0 saturated carbocycles. The molecule has 7 nitrogen and oxygen atoms in total. The number of anilines is 1. The van der Waals surface area contributed by atoms with Gasteiger partial charge in [-0.1, -0.05) is 11.8 Å². The summed E-state index contributed by atoms with van der Waals surface area (Å²) in [6.07, 6.45) is 0. The first kappa shape index (κ1) is 17.1. The number of ether oxygens (including phenoxy) is 1. The zero-order valence-electron chi connectivity index (χ0n) is 13.1. The van der Waals surface area contributed by atoms with Crippen molar-refractivity contribution < 1.29 is 19.1 Å². The maximum absolute atomic E-state index is 12.0. The quantitative estimate of drug-likeness (QED) is 0.845. The van der Waals surface area contributed by atoms with Gasteiger partial charge < -0.3 is 19.9 Å². The van der Waals surface area contributed by atoms with Gasteiger partial charge >= 0.3 is 0 Å². The zero-order chi connectivity index (χ0) is 16.8. The maximum Gasteiger partial charge on any atom is 0.282 e. The van der Waals surface area contributed by atoms with E-state index in [1.54, 1.807) is 38.4 Å². The van der Waals surface area contributed by atoms with Crippen molar-refractivity contribution in [3.05, 3.63) is 24.3 Å². The third-order valence-corrected chi connectivity index (χ3v) is 4.24. The number of likely N-dealkylation sites (N-methyl/N-ethyl adjacent to an activating group) is 1. The summed E-state index contributed by atoms with van der Waals surface area (Å²) >= 11 is 1.20. The van der Waals surface area contributed by atoms with Gasteiger partial charge in [0.25, 0.3) is 5.24 Å². The Morgan fingerprint density at radius 3 is 2.61 bits per heavy atom. The lowest BCUT2D eigenvalue weighted by Crippen LogP contribution is -2.41. The largest absolute Gasteiger partial charge is 0.497 e. The predicted molar refractivity (Wildman–Crippen MR) is 88.7 cm³/mol. The normalized spacial score (nSPS) is 13.8. The van der Waals surface area contributed by atoms with Gasteiger partial charge in [0.1, 0.15) is 12.3 Å². The molecule has 0 bridgehead atoms. The highest BCUT2D eigenvalue weighted by Gasteiger charge is 2.25. The number of amides is 3. The summed E-state index contributed by atoms with van der Waals surface area (Å²) in [6, 6.07) is 6.92. The molecule has 1 aliphatic heterocycles. The number of benzene rings is 1. The van der Waals surface area contributed by atoms with Gasteiger partial charge in [0.05, 0.1) is 13.7 Å². The van der Waals surface area contributed by atoms with Crippen molar-refractivity contribution in [3.63, 3.8) is 0 Å². The van der Waals surface area contributed by atoms with Crippen LogP contribution in [0.25, 0.3) is 0 Å². The fraction of sp³-hybridized carbons (Fsp3) is 0.400. The molecule has 3 amide bonds. The molecule has 1 saturated heterocycles. The molecule has 0 radical (unpaired) electrons. The molecule has 0 atom stereocenters. The van der Waals surface area contributed by atoms with Crippen LogP contribution in [0.5, 0.6) is 5.75 Å². The van der Waals surface area contributed by atoms with Crippen molar-refractivity contribution in [2.75, 3.05) is 44.9 Å². The number of rotatable bonds is 6. The van der Waals surface area contributed by atoms with Crippen LogP contribution in [0.1, 0.15) is 0 Å². The van der Waals surface area contributed by atoms with E-state index < -0.39 is 0 Å². The molecule has 1 fully saturated rings. The van der Waals surface area contributed by atoms with E-state index in [-0.39, 0.29) is 30.1 Å². The lowest BCUT2D eigenvalue weighted by atomic mass is 10.3. The minimum absolute atomic E-state index is 0.0121. The van der Waals surface area contributed by atoms with Crippen molar-refractivity contribution in [1.29, 1.82) is 0 Å². The van der Waals surface area contributed by atoms with Gasteiger partial charge in [-0.15, -0.1) is 0 Å². The third kappa shape index (κ3) is 4.88. The number of hydrogen-bond donors (Lipinski definition) is 1. The second-order valence-electron chi connectivity index (χ2n) is 5.06. The first-order valence-electron chi connectivity index (χ1n) is 7.09. The highest BCUT2D eigenvalue weighted by molar-refractivity contribution is 8.13. The van der Waals surface area contributed by atoms with Gasteiger partial charge in [0.15, 0.2) is 0 Å². The van der Waals surface area contributed by atoms with Gasteiger partial charge in [0, 0.05) is 25.0 Å². The first-order chi connectivity index (χ1) is 11.0. The third-order valence-electron chi connectivity index (χ3n) is 3.35. The average Bonchev–Trinajstić information content (AvgIpc) is 2.93. The van der Waals surface area contributed by atoms with Crippen LogP contribution in [0.3, 0.4) is 0 Å². The Bertz CT molecular complexity index is 591. The average molecular weight is 337 g/mol. The van der Waals surface area contributed by atoms with Crippen LogP contribution in [-0.4, -0.2) is 66.4 Å². The second kappa shape index (κ2) is 7.87. The monoisotopic (exact) mass is 337 g/mol. The number of methoxy groups -OCH3 is 1. The summed E-state index contributed by atoms with van der Waals surface area (Å²) in [5, 5.41) is 2.62. The molecule has 1 aliphatic rings. The van der Waals surface area contributed by atoms with Gasteiger partial charge in [-0.2, -0.15) is 0 Å².